The minimum atomic E-state index is -1.60. The van der Waals surface area contributed by atoms with Crippen LogP contribution in [-0.4, -0.2) is 14.5 Å². The summed E-state index contributed by atoms with van der Waals surface area (Å²) >= 11 is 5.78. The Morgan fingerprint density at radius 1 is 1.31 bits per heavy atom. The van der Waals surface area contributed by atoms with Crippen LogP contribution in [0.2, 0.25) is 24.7 Å². The van der Waals surface area contributed by atoms with E-state index in [2.05, 4.69) is 31.2 Å². The van der Waals surface area contributed by atoms with Gasteiger partial charge in [0.15, 0.2) is 5.88 Å². The molecule has 0 spiro atoms. The van der Waals surface area contributed by atoms with Crippen molar-refractivity contribution in [2.75, 3.05) is 0 Å². The Kier molecular flexibility index (Phi) is 4.32. The number of hydrogen-bond acceptors (Lipinski definition) is 2. The highest BCUT2D eigenvalue weighted by molar-refractivity contribution is 6.70. The Labute approximate surface area is 103 Å². The molecule has 4 heteroatoms. The summed E-state index contributed by atoms with van der Waals surface area (Å²) in [6.45, 7) is 10.0. The highest BCUT2D eigenvalue weighted by Gasteiger charge is 2.15. The molecule has 0 saturated carbocycles. The predicted octanol–water partition coefficient (Wildman–Crippen LogP) is 4.08. The van der Waals surface area contributed by atoms with E-state index in [-0.39, 0.29) is 0 Å². The van der Waals surface area contributed by atoms with E-state index in [1.165, 1.54) is 0 Å². The van der Waals surface area contributed by atoms with E-state index >= 15 is 0 Å². The zero-order valence-corrected chi connectivity index (χ0v) is 11.6. The Bertz CT molecular complexity index is 392. The van der Waals surface area contributed by atoms with E-state index in [0.717, 1.165) is 5.56 Å². The summed E-state index contributed by atoms with van der Waals surface area (Å²) in [6, 6.07) is 7.44. The van der Waals surface area contributed by atoms with Gasteiger partial charge in [-0.05, 0) is 43.9 Å². The van der Waals surface area contributed by atoms with E-state index in [1.54, 1.807) is 6.21 Å². The third kappa shape index (κ3) is 5.14. The molecular formula is C12H16ClNOSi. The maximum atomic E-state index is 5.78. The van der Waals surface area contributed by atoms with Gasteiger partial charge in [-0.3, -0.25) is 0 Å². The molecule has 86 valence electrons. The molecule has 0 unspecified atom stereocenters. The lowest BCUT2D eigenvalue weighted by molar-refractivity contribution is 0.421. The molecule has 0 aliphatic rings. The SMILES string of the molecule is C=C(/N=C/c1ccc(Cl)cc1)O[Si](C)(C)C. The first-order valence-corrected chi connectivity index (χ1v) is 8.83. The number of rotatable bonds is 4. The molecule has 0 atom stereocenters. The van der Waals surface area contributed by atoms with Crippen molar-refractivity contribution in [3.05, 3.63) is 47.3 Å². The van der Waals surface area contributed by atoms with Gasteiger partial charge in [0.25, 0.3) is 0 Å². The molecule has 1 aromatic carbocycles. The lowest BCUT2D eigenvalue weighted by atomic mass is 10.2. The molecule has 0 aromatic heterocycles. The number of halogens is 1. The van der Waals surface area contributed by atoms with Gasteiger partial charge in [0, 0.05) is 11.2 Å². The Morgan fingerprint density at radius 3 is 2.38 bits per heavy atom. The molecule has 0 fully saturated rings. The van der Waals surface area contributed by atoms with Gasteiger partial charge in [0.2, 0.25) is 8.32 Å². The van der Waals surface area contributed by atoms with E-state index in [0.29, 0.717) is 10.9 Å². The summed E-state index contributed by atoms with van der Waals surface area (Å²) in [5, 5.41) is 0.717. The van der Waals surface area contributed by atoms with E-state index in [9.17, 15) is 0 Å². The van der Waals surface area contributed by atoms with Crippen molar-refractivity contribution in [2.45, 2.75) is 19.6 Å². The van der Waals surface area contributed by atoms with Crippen LogP contribution in [0, 0.1) is 0 Å². The lowest BCUT2D eigenvalue weighted by Gasteiger charge is -2.17. The van der Waals surface area contributed by atoms with Gasteiger partial charge in [-0.1, -0.05) is 23.7 Å². The van der Waals surface area contributed by atoms with Crippen molar-refractivity contribution < 1.29 is 4.43 Å². The van der Waals surface area contributed by atoms with Gasteiger partial charge in [0.05, 0.1) is 0 Å². The number of nitrogens with zero attached hydrogens (tertiary/aromatic N) is 1. The van der Waals surface area contributed by atoms with Crippen LogP contribution in [0.25, 0.3) is 0 Å². The van der Waals surface area contributed by atoms with Crippen LogP contribution in [0.5, 0.6) is 0 Å². The summed E-state index contributed by atoms with van der Waals surface area (Å²) in [5.41, 5.74) is 0.977. The molecular weight excluding hydrogens is 238 g/mol. The van der Waals surface area contributed by atoms with Crippen molar-refractivity contribution in [2.24, 2.45) is 4.99 Å². The number of benzene rings is 1. The number of aliphatic imine (C=N–C) groups is 1. The fraction of sp³-hybridized carbons (Fsp3) is 0.250. The monoisotopic (exact) mass is 253 g/mol. The van der Waals surface area contributed by atoms with Crippen molar-refractivity contribution in [3.63, 3.8) is 0 Å². The lowest BCUT2D eigenvalue weighted by Crippen LogP contribution is -2.24. The third-order valence-electron chi connectivity index (χ3n) is 1.65. The molecule has 0 radical (unpaired) electrons. The summed E-state index contributed by atoms with van der Waals surface area (Å²) < 4.78 is 5.60. The van der Waals surface area contributed by atoms with Gasteiger partial charge >= 0.3 is 0 Å². The topological polar surface area (TPSA) is 21.6 Å². The van der Waals surface area contributed by atoms with E-state index in [4.69, 9.17) is 16.0 Å². The Balaban J connectivity index is 2.60. The largest absolute Gasteiger partial charge is 0.532 e. The Hall–Kier alpha value is -1.06. The molecule has 16 heavy (non-hydrogen) atoms. The van der Waals surface area contributed by atoms with Crippen LogP contribution in [0.1, 0.15) is 5.56 Å². The standard InChI is InChI=1S/C12H16ClNOSi/c1-10(15-16(2,3)4)14-9-11-5-7-12(13)8-6-11/h5-9H,1H2,2-4H3/b14-9+. The molecule has 0 heterocycles. The van der Waals surface area contributed by atoms with Gasteiger partial charge < -0.3 is 4.43 Å². The highest BCUT2D eigenvalue weighted by atomic mass is 35.5. The average molecular weight is 254 g/mol. The van der Waals surface area contributed by atoms with Crippen LogP contribution in [0.4, 0.5) is 0 Å². The van der Waals surface area contributed by atoms with Crippen LogP contribution < -0.4 is 0 Å². The molecule has 2 nitrogen and oxygen atoms in total. The molecule has 1 aromatic rings. The van der Waals surface area contributed by atoms with Crippen LogP contribution in [0.3, 0.4) is 0 Å². The Morgan fingerprint density at radius 2 is 1.88 bits per heavy atom. The second-order valence-electron chi connectivity index (χ2n) is 4.42. The zero-order chi connectivity index (χ0) is 12.2. The number of hydrogen-bond donors (Lipinski definition) is 0. The molecule has 0 aliphatic carbocycles. The maximum absolute atomic E-state index is 5.78. The normalized spacial score (nSPS) is 11.8. The van der Waals surface area contributed by atoms with Crippen LogP contribution in [-0.2, 0) is 4.43 Å². The van der Waals surface area contributed by atoms with Gasteiger partial charge in [-0.15, -0.1) is 0 Å². The fourth-order valence-corrected chi connectivity index (χ4v) is 1.96. The maximum Gasteiger partial charge on any atom is 0.244 e. The molecule has 0 amide bonds. The first kappa shape index (κ1) is 13.0. The summed E-state index contributed by atoms with van der Waals surface area (Å²) in [7, 11) is -1.60. The first-order valence-electron chi connectivity index (χ1n) is 5.04. The third-order valence-corrected chi connectivity index (χ3v) is 2.75. The van der Waals surface area contributed by atoms with Gasteiger partial charge in [0.1, 0.15) is 0 Å². The zero-order valence-electron chi connectivity index (χ0n) is 9.83. The predicted molar refractivity (Wildman–Crippen MR) is 72.6 cm³/mol. The summed E-state index contributed by atoms with van der Waals surface area (Å²) in [5.74, 6) is 0.467. The highest BCUT2D eigenvalue weighted by Crippen LogP contribution is 2.11. The molecule has 0 saturated heterocycles. The van der Waals surface area contributed by atoms with Gasteiger partial charge in [-0.2, -0.15) is 0 Å². The quantitative estimate of drug-likeness (QED) is 0.450. The van der Waals surface area contributed by atoms with Gasteiger partial charge in [-0.25, -0.2) is 4.99 Å². The minimum absolute atomic E-state index is 0.467. The second kappa shape index (κ2) is 5.32. The first-order chi connectivity index (χ1) is 7.37. The van der Waals surface area contributed by atoms with Crippen molar-refractivity contribution in [1.29, 1.82) is 0 Å². The van der Waals surface area contributed by atoms with Crippen molar-refractivity contribution >= 4 is 26.1 Å². The second-order valence-corrected chi connectivity index (χ2v) is 9.28. The average Bonchev–Trinajstić information content (AvgIpc) is 2.14. The molecule has 0 N–H and O–H groups in total. The fourth-order valence-electron chi connectivity index (χ4n) is 1.08. The smallest absolute Gasteiger partial charge is 0.244 e. The van der Waals surface area contributed by atoms with Crippen molar-refractivity contribution in [1.82, 2.24) is 0 Å². The van der Waals surface area contributed by atoms with E-state index in [1.807, 2.05) is 24.3 Å². The molecule has 0 aliphatic heterocycles. The van der Waals surface area contributed by atoms with E-state index < -0.39 is 8.32 Å². The molecule has 1 rings (SSSR count). The summed E-state index contributed by atoms with van der Waals surface area (Å²) in [6.07, 6.45) is 1.72. The minimum Gasteiger partial charge on any atom is -0.532 e. The van der Waals surface area contributed by atoms with Crippen LogP contribution >= 0.6 is 11.6 Å². The summed E-state index contributed by atoms with van der Waals surface area (Å²) in [4.78, 5) is 4.16. The molecule has 0 bridgehead atoms. The van der Waals surface area contributed by atoms with Crippen molar-refractivity contribution in [3.8, 4) is 0 Å². The van der Waals surface area contributed by atoms with Crippen LogP contribution in [0.15, 0.2) is 41.7 Å².